The molecule has 0 radical (unpaired) electrons. The van der Waals surface area contributed by atoms with E-state index >= 15 is 0 Å². The number of rotatable bonds is 1. The maximum absolute atomic E-state index is 13.6. The number of benzene rings is 1. The van der Waals surface area contributed by atoms with Crippen LogP contribution in [-0.4, -0.2) is 28.8 Å². The Balaban J connectivity index is 2.06. The van der Waals surface area contributed by atoms with Crippen molar-refractivity contribution in [2.24, 2.45) is 0 Å². The van der Waals surface area contributed by atoms with E-state index in [0.717, 1.165) is 5.56 Å². The van der Waals surface area contributed by atoms with Crippen LogP contribution in [0.15, 0.2) is 18.2 Å². The molecule has 0 saturated heterocycles. The Hall–Kier alpha value is -1.62. The number of amides is 1. The van der Waals surface area contributed by atoms with Gasteiger partial charge in [0.25, 0.3) is 0 Å². The predicted octanol–water partition coefficient (Wildman–Crippen LogP) is 2.92. The third-order valence-corrected chi connectivity index (χ3v) is 2.99. The number of carbonyl (C=O) groups excluding carboxylic acids is 1. The van der Waals surface area contributed by atoms with Crippen molar-refractivity contribution in [1.82, 2.24) is 10.0 Å². The summed E-state index contributed by atoms with van der Waals surface area (Å²) in [6.07, 6.45) is -0.430. The maximum Gasteiger partial charge on any atom is 0.424 e. The Morgan fingerprint density at radius 2 is 2.05 bits per heavy atom. The molecule has 1 heterocycles. The first-order valence-corrected chi connectivity index (χ1v) is 6.26. The Morgan fingerprint density at radius 1 is 1.37 bits per heavy atom. The molecular formula is C14H19FN2O2. The van der Waals surface area contributed by atoms with Gasteiger partial charge in [-0.2, -0.15) is 0 Å². The Morgan fingerprint density at radius 3 is 2.63 bits per heavy atom. The molecule has 0 fully saturated rings. The summed E-state index contributed by atoms with van der Waals surface area (Å²) in [7, 11) is 1.64. The van der Waals surface area contributed by atoms with E-state index in [1.807, 2.05) is 26.8 Å². The topological polar surface area (TPSA) is 32.8 Å². The van der Waals surface area contributed by atoms with Gasteiger partial charge < -0.3 is 4.74 Å². The highest BCUT2D eigenvalue weighted by Gasteiger charge is 2.29. The molecule has 2 rings (SSSR count). The largest absolute Gasteiger partial charge is 0.443 e. The standard InChI is InChI=1S/C14H19FN2O2/c1-14(2,3)19-13(18)16(4)17-8-10-6-5-7-12(15)11(10)9-17/h5-7H,8-9H2,1-4H3. The van der Waals surface area contributed by atoms with Gasteiger partial charge in [-0.25, -0.2) is 19.2 Å². The zero-order valence-corrected chi connectivity index (χ0v) is 11.7. The molecule has 0 aliphatic carbocycles. The minimum Gasteiger partial charge on any atom is -0.443 e. The number of nitrogens with zero attached hydrogens (tertiary/aromatic N) is 2. The fourth-order valence-corrected chi connectivity index (χ4v) is 2.02. The zero-order valence-electron chi connectivity index (χ0n) is 11.7. The van der Waals surface area contributed by atoms with Crippen LogP contribution in [0.1, 0.15) is 31.9 Å². The van der Waals surface area contributed by atoms with E-state index in [2.05, 4.69) is 0 Å². The minimum absolute atomic E-state index is 0.224. The second kappa shape index (κ2) is 4.81. The summed E-state index contributed by atoms with van der Waals surface area (Å²) in [6.45, 7) is 6.35. The van der Waals surface area contributed by atoms with Crippen LogP contribution in [0.2, 0.25) is 0 Å². The minimum atomic E-state index is -0.539. The normalized spacial score (nSPS) is 15.2. The zero-order chi connectivity index (χ0) is 14.2. The smallest absolute Gasteiger partial charge is 0.424 e. The van der Waals surface area contributed by atoms with Crippen LogP contribution in [0.25, 0.3) is 0 Å². The van der Waals surface area contributed by atoms with E-state index in [4.69, 9.17) is 4.74 Å². The number of carbonyl (C=O) groups is 1. The molecule has 0 aromatic heterocycles. The SMILES string of the molecule is CN(C(=O)OC(C)(C)C)N1Cc2cccc(F)c2C1. The molecule has 1 aliphatic rings. The van der Waals surface area contributed by atoms with Crippen LogP contribution < -0.4 is 0 Å². The maximum atomic E-state index is 13.6. The highest BCUT2D eigenvalue weighted by Crippen LogP contribution is 2.26. The lowest BCUT2D eigenvalue weighted by Crippen LogP contribution is -2.43. The van der Waals surface area contributed by atoms with Crippen LogP contribution in [0.4, 0.5) is 9.18 Å². The van der Waals surface area contributed by atoms with Gasteiger partial charge in [0.2, 0.25) is 0 Å². The van der Waals surface area contributed by atoms with E-state index in [1.165, 1.54) is 11.1 Å². The molecule has 0 unspecified atom stereocenters. The monoisotopic (exact) mass is 266 g/mol. The average molecular weight is 266 g/mol. The molecule has 0 bridgehead atoms. The van der Waals surface area contributed by atoms with Crippen LogP contribution in [0, 0.1) is 5.82 Å². The fourth-order valence-electron chi connectivity index (χ4n) is 2.02. The van der Waals surface area contributed by atoms with Gasteiger partial charge >= 0.3 is 6.09 Å². The number of ether oxygens (including phenoxy) is 1. The summed E-state index contributed by atoms with van der Waals surface area (Å²) >= 11 is 0. The molecule has 0 N–H and O–H groups in total. The van der Waals surface area contributed by atoms with Crippen molar-refractivity contribution >= 4 is 6.09 Å². The van der Waals surface area contributed by atoms with Gasteiger partial charge in [-0.1, -0.05) is 12.1 Å². The third kappa shape index (κ3) is 3.04. The van der Waals surface area contributed by atoms with Gasteiger partial charge in [0.05, 0.1) is 0 Å². The molecule has 0 spiro atoms. The lowest BCUT2D eigenvalue weighted by Gasteiger charge is -2.30. The van der Waals surface area contributed by atoms with Crippen molar-refractivity contribution in [3.8, 4) is 0 Å². The van der Waals surface area contributed by atoms with Crippen LogP contribution in [0.5, 0.6) is 0 Å². The molecule has 104 valence electrons. The molecule has 1 aliphatic heterocycles. The lowest BCUT2D eigenvalue weighted by atomic mass is 10.1. The van der Waals surface area contributed by atoms with E-state index in [-0.39, 0.29) is 5.82 Å². The Bertz CT molecular complexity index is 497. The number of hydrazine groups is 1. The third-order valence-electron chi connectivity index (χ3n) is 2.99. The van der Waals surface area contributed by atoms with Crippen LogP contribution >= 0.6 is 0 Å². The van der Waals surface area contributed by atoms with Gasteiger partial charge in [0, 0.05) is 25.7 Å². The van der Waals surface area contributed by atoms with E-state index in [1.54, 1.807) is 18.1 Å². The first kappa shape index (κ1) is 13.8. The van der Waals surface area contributed by atoms with E-state index in [9.17, 15) is 9.18 Å². The second-order valence-electron chi connectivity index (χ2n) is 5.70. The van der Waals surface area contributed by atoms with Crippen molar-refractivity contribution in [1.29, 1.82) is 0 Å². The number of hydrogen-bond acceptors (Lipinski definition) is 3. The second-order valence-corrected chi connectivity index (χ2v) is 5.70. The molecule has 1 amide bonds. The molecular weight excluding hydrogens is 247 g/mol. The highest BCUT2D eigenvalue weighted by molar-refractivity contribution is 5.67. The van der Waals surface area contributed by atoms with Gasteiger partial charge in [0.1, 0.15) is 11.4 Å². The van der Waals surface area contributed by atoms with Crippen LogP contribution in [-0.2, 0) is 17.8 Å². The van der Waals surface area contributed by atoms with Crippen molar-refractivity contribution in [3.05, 3.63) is 35.1 Å². The Kier molecular flexibility index (Phi) is 3.49. The first-order valence-electron chi connectivity index (χ1n) is 6.26. The van der Waals surface area contributed by atoms with Crippen molar-refractivity contribution in [2.45, 2.75) is 39.5 Å². The van der Waals surface area contributed by atoms with Crippen LogP contribution in [0.3, 0.4) is 0 Å². The van der Waals surface area contributed by atoms with E-state index in [0.29, 0.717) is 18.7 Å². The van der Waals surface area contributed by atoms with Gasteiger partial charge in [-0.15, -0.1) is 0 Å². The lowest BCUT2D eigenvalue weighted by molar-refractivity contribution is -0.0405. The first-order chi connectivity index (χ1) is 8.78. The summed E-state index contributed by atoms with van der Waals surface area (Å²) in [5, 5.41) is 3.17. The summed E-state index contributed by atoms with van der Waals surface area (Å²) in [5.41, 5.74) is 1.02. The van der Waals surface area contributed by atoms with Crippen molar-refractivity contribution in [2.75, 3.05) is 7.05 Å². The summed E-state index contributed by atoms with van der Waals surface area (Å²) in [4.78, 5) is 11.9. The summed E-state index contributed by atoms with van der Waals surface area (Å²) in [5.74, 6) is -0.224. The quantitative estimate of drug-likeness (QED) is 0.783. The number of hydrogen-bond donors (Lipinski definition) is 0. The van der Waals surface area contributed by atoms with Gasteiger partial charge in [0.15, 0.2) is 0 Å². The van der Waals surface area contributed by atoms with Crippen molar-refractivity contribution < 1.29 is 13.9 Å². The fraction of sp³-hybridized carbons (Fsp3) is 0.500. The van der Waals surface area contributed by atoms with Gasteiger partial charge in [-0.05, 0) is 32.4 Å². The number of fused-ring (bicyclic) bond motifs is 1. The Labute approximate surface area is 112 Å². The molecule has 4 nitrogen and oxygen atoms in total. The van der Waals surface area contributed by atoms with Crippen molar-refractivity contribution in [3.63, 3.8) is 0 Å². The highest BCUT2D eigenvalue weighted by atomic mass is 19.1. The molecule has 5 heteroatoms. The molecule has 1 aromatic rings. The average Bonchev–Trinajstić information content (AvgIpc) is 2.71. The predicted molar refractivity (Wildman–Crippen MR) is 69.6 cm³/mol. The summed E-state index contributed by atoms with van der Waals surface area (Å²) < 4.78 is 18.9. The molecule has 0 atom stereocenters. The number of halogens is 1. The summed E-state index contributed by atoms with van der Waals surface area (Å²) in [6, 6.07) is 5.00. The van der Waals surface area contributed by atoms with Gasteiger partial charge in [-0.3, -0.25) is 0 Å². The molecule has 0 saturated carbocycles. The van der Waals surface area contributed by atoms with E-state index < -0.39 is 11.7 Å². The molecule has 19 heavy (non-hydrogen) atoms. The molecule has 1 aromatic carbocycles.